The van der Waals surface area contributed by atoms with Crippen molar-refractivity contribution in [1.82, 2.24) is 35.4 Å². The van der Waals surface area contributed by atoms with Crippen molar-refractivity contribution in [2.75, 3.05) is 31.7 Å². The van der Waals surface area contributed by atoms with Crippen molar-refractivity contribution in [1.29, 1.82) is 0 Å². The Morgan fingerprint density at radius 2 is 1.83 bits per heavy atom. The zero-order chi connectivity index (χ0) is 36.9. The van der Waals surface area contributed by atoms with Crippen LogP contribution in [-0.4, -0.2) is 99.4 Å². The Labute approximate surface area is 304 Å². The minimum atomic E-state index is -1.12. The van der Waals surface area contributed by atoms with Crippen LogP contribution in [0.5, 0.6) is 5.75 Å². The SMILES string of the molecule is CCC(CC)c1cc(N[C@H]2CC[C@H](NC(=O)COCCNC(=O)COc3cccc4c3C(=O)N(C3CCC(=O)NC3=O)C4=O)C2)n2ncc(Cl)c2n1. The Bertz CT molecular complexity index is 1900. The molecule has 1 aromatic carbocycles. The highest BCUT2D eigenvalue weighted by Crippen LogP contribution is 2.34. The molecule has 276 valence electrons. The van der Waals surface area contributed by atoms with Crippen LogP contribution in [-0.2, 0) is 23.9 Å². The van der Waals surface area contributed by atoms with E-state index in [4.69, 9.17) is 26.1 Å². The van der Waals surface area contributed by atoms with E-state index < -0.39 is 42.2 Å². The lowest BCUT2D eigenvalue weighted by Crippen LogP contribution is -2.54. The van der Waals surface area contributed by atoms with Gasteiger partial charge in [-0.25, -0.2) is 4.98 Å². The number of carbonyl (C=O) groups is 6. The van der Waals surface area contributed by atoms with Crippen LogP contribution in [0.1, 0.15) is 91.1 Å². The highest BCUT2D eigenvalue weighted by molar-refractivity contribution is 6.33. The number of imide groups is 2. The number of benzene rings is 1. The molecule has 17 heteroatoms. The van der Waals surface area contributed by atoms with Crippen LogP contribution in [0.2, 0.25) is 5.02 Å². The third-order valence-corrected chi connectivity index (χ3v) is 9.86. The van der Waals surface area contributed by atoms with Gasteiger partial charge in [0.15, 0.2) is 12.3 Å². The van der Waals surface area contributed by atoms with Crippen molar-refractivity contribution in [3.63, 3.8) is 0 Å². The predicted molar refractivity (Wildman–Crippen MR) is 187 cm³/mol. The van der Waals surface area contributed by atoms with Gasteiger partial charge in [0.25, 0.3) is 17.7 Å². The molecule has 6 amide bonds. The molecule has 1 saturated heterocycles. The molecule has 0 bridgehead atoms. The number of rotatable bonds is 15. The second kappa shape index (κ2) is 16.1. The van der Waals surface area contributed by atoms with E-state index in [0.29, 0.717) is 16.6 Å². The third kappa shape index (κ3) is 7.87. The molecule has 0 spiro atoms. The van der Waals surface area contributed by atoms with Crippen molar-refractivity contribution < 1.29 is 38.2 Å². The molecule has 2 aromatic heterocycles. The summed E-state index contributed by atoms with van der Waals surface area (Å²) < 4.78 is 12.8. The van der Waals surface area contributed by atoms with Crippen LogP contribution in [0.15, 0.2) is 30.5 Å². The summed E-state index contributed by atoms with van der Waals surface area (Å²) in [5.74, 6) is -2.22. The molecule has 16 nitrogen and oxygen atoms in total. The normalized spacial score (nSPS) is 20.0. The topological polar surface area (TPSA) is 202 Å². The molecule has 4 heterocycles. The van der Waals surface area contributed by atoms with Gasteiger partial charge in [-0.15, -0.1) is 0 Å². The van der Waals surface area contributed by atoms with Crippen LogP contribution in [0, 0.1) is 0 Å². The van der Waals surface area contributed by atoms with Crippen molar-refractivity contribution >= 4 is 58.5 Å². The van der Waals surface area contributed by atoms with E-state index in [0.717, 1.165) is 48.5 Å². The van der Waals surface area contributed by atoms with Gasteiger partial charge in [-0.05, 0) is 50.7 Å². The number of halogens is 1. The number of carbonyl (C=O) groups excluding carboxylic acids is 6. The van der Waals surface area contributed by atoms with E-state index in [1.807, 2.05) is 6.07 Å². The largest absolute Gasteiger partial charge is 0.483 e. The summed E-state index contributed by atoms with van der Waals surface area (Å²) in [6, 6.07) is 5.41. The number of amides is 6. The Morgan fingerprint density at radius 3 is 2.60 bits per heavy atom. The van der Waals surface area contributed by atoms with E-state index in [9.17, 15) is 28.8 Å². The van der Waals surface area contributed by atoms with Crippen molar-refractivity contribution in [3.8, 4) is 5.75 Å². The Balaban J connectivity index is 0.906. The molecule has 1 saturated carbocycles. The van der Waals surface area contributed by atoms with Crippen molar-refractivity contribution in [3.05, 3.63) is 52.3 Å². The third-order valence-electron chi connectivity index (χ3n) is 9.59. The molecule has 4 N–H and O–H groups in total. The first-order chi connectivity index (χ1) is 25.1. The van der Waals surface area contributed by atoms with Crippen LogP contribution < -0.4 is 26.0 Å². The molecule has 1 aliphatic carbocycles. The zero-order valence-corrected chi connectivity index (χ0v) is 29.7. The highest BCUT2D eigenvalue weighted by Gasteiger charge is 2.46. The number of nitrogens with one attached hydrogen (secondary N) is 4. The molecule has 1 unspecified atom stereocenters. The van der Waals surface area contributed by atoms with Crippen LogP contribution in [0.3, 0.4) is 0 Å². The summed E-state index contributed by atoms with van der Waals surface area (Å²) in [7, 11) is 0. The second-order valence-corrected chi connectivity index (χ2v) is 13.5. The first-order valence-corrected chi connectivity index (χ1v) is 17.9. The lowest BCUT2D eigenvalue weighted by molar-refractivity contribution is -0.136. The first kappa shape index (κ1) is 36.7. The summed E-state index contributed by atoms with van der Waals surface area (Å²) >= 11 is 6.38. The Kier molecular flexibility index (Phi) is 11.3. The van der Waals surface area contributed by atoms with E-state index in [1.165, 1.54) is 18.2 Å². The van der Waals surface area contributed by atoms with E-state index in [-0.39, 0.29) is 67.5 Å². The monoisotopic (exact) mass is 736 g/mol. The average molecular weight is 737 g/mol. The van der Waals surface area contributed by atoms with Gasteiger partial charge >= 0.3 is 0 Å². The minimum Gasteiger partial charge on any atom is -0.483 e. The molecule has 2 fully saturated rings. The van der Waals surface area contributed by atoms with E-state index in [2.05, 4.69) is 40.2 Å². The zero-order valence-electron chi connectivity index (χ0n) is 28.9. The maximum absolute atomic E-state index is 13.2. The molecule has 3 aromatic rings. The molecule has 2 aliphatic heterocycles. The van der Waals surface area contributed by atoms with Gasteiger partial charge in [0.05, 0.1) is 23.9 Å². The fraction of sp³-hybridized carbons (Fsp3) is 0.486. The summed E-state index contributed by atoms with van der Waals surface area (Å²) in [5, 5.41) is 16.3. The summed E-state index contributed by atoms with van der Waals surface area (Å²) in [6.45, 7) is 3.83. The second-order valence-electron chi connectivity index (χ2n) is 13.0. The van der Waals surface area contributed by atoms with Gasteiger partial charge in [-0.2, -0.15) is 9.61 Å². The molecular weight excluding hydrogens is 696 g/mol. The fourth-order valence-corrected chi connectivity index (χ4v) is 7.09. The number of hydrogen-bond acceptors (Lipinski definition) is 11. The number of nitrogens with zero attached hydrogens (tertiary/aromatic N) is 4. The Hall–Kier alpha value is -5.09. The van der Waals surface area contributed by atoms with E-state index in [1.54, 1.807) is 10.7 Å². The van der Waals surface area contributed by atoms with E-state index >= 15 is 0 Å². The van der Waals surface area contributed by atoms with Crippen molar-refractivity contribution in [2.45, 2.75) is 82.8 Å². The molecule has 0 radical (unpaired) electrons. The summed E-state index contributed by atoms with van der Waals surface area (Å²) in [4.78, 5) is 80.7. The lowest BCUT2D eigenvalue weighted by atomic mass is 9.99. The first-order valence-electron chi connectivity index (χ1n) is 17.5. The fourth-order valence-electron chi connectivity index (χ4n) is 6.92. The number of piperidine rings is 1. The van der Waals surface area contributed by atoms with Gasteiger partial charge in [-0.1, -0.05) is 31.5 Å². The smallest absolute Gasteiger partial charge is 0.266 e. The van der Waals surface area contributed by atoms with Crippen LogP contribution in [0.4, 0.5) is 5.82 Å². The highest BCUT2D eigenvalue weighted by atomic mass is 35.5. The molecular formula is C35H41ClN8O8. The maximum atomic E-state index is 13.2. The molecule has 52 heavy (non-hydrogen) atoms. The predicted octanol–water partition coefficient (Wildman–Crippen LogP) is 2.35. The molecule has 3 atom stereocenters. The van der Waals surface area contributed by atoms with Crippen molar-refractivity contribution in [2.24, 2.45) is 0 Å². The van der Waals surface area contributed by atoms with Gasteiger partial charge in [0.2, 0.25) is 17.7 Å². The molecule has 3 aliphatic rings. The lowest BCUT2D eigenvalue weighted by Gasteiger charge is -2.27. The number of ether oxygens (including phenoxy) is 2. The Morgan fingerprint density at radius 1 is 1.04 bits per heavy atom. The number of hydrogen-bond donors (Lipinski definition) is 4. The number of anilines is 1. The van der Waals surface area contributed by atoms with Crippen LogP contribution >= 0.6 is 11.6 Å². The van der Waals surface area contributed by atoms with Gasteiger partial charge in [-0.3, -0.25) is 39.0 Å². The van der Waals surface area contributed by atoms with Gasteiger partial charge < -0.3 is 25.4 Å². The van der Waals surface area contributed by atoms with Gasteiger partial charge in [0, 0.05) is 42.7 Å². The summed E-state index contributed by atoms with van der Waals surface area (Å²) in [6.07, 6.45) is 5.91. The maximum Gasteiger partial charge on any atom is 0.266 e. The number of fused-ring (bicyclic) bond motifs is 2. The average Bonchev–Trinajstić information content (AvgIpc) is 3.80. The standard InChI is InChI=1S/C35H41ClN8O8/c1-3-19(4-2)24-15-27(44-32(41-24)23(36)16-38-44)39-20-8-9-21(14-20)40-30(47)17-51-13-12-37-29(46)18-52-26-7-5-6-22-31(26)35(50)43(34(22)49)25-10-11-28(45)42-33(25)48/h5-7,15-16,19-21,25,39H,3-4,8-14,17-18H2,1-2H3,(H,37,46)(H,40,47)(H,42,45,48)/t20-,21-,25?/m0/s1. The quantitative estimate of drug-likeness (QED) is 0.132. The number of aromatic nitrogens is 3. The van der Waals surface area contributed by atoms with Gasteiger partial charge in [0.1, 0.15) is 29.2 Å². The van der Waals surface area contributed by atoms with Crippen LogP contribution in [0.25, 0.3) is 5.65 Å². The summed E-state index contributed by atoms with van der Waals surface area (Å²) in [5.41, 5.74) is 1.59. The molecule has 6 rings (SSSR count). The minimum absolute atomic E-state index is 0.000414.